The molecule has 0 spiro atoms. The summed E-state index contributed by atoms with van der Waals surface area (Å²) in [6, 6.07) is 53.1. The third-order valence-corrected chi connectivity index (χ3v) is 9.73. The highest BCUT2D eigenvalue weighted by atomic mass is 14.9. The molecule has 0 saturated heterocycles. The molecule has 9 aromatic carbocycles. The summed E-state index contributed by atoms with van der Waals surface area (Å²) in [4.78, 5) is 9.38. The van der Waals surface area contributed by atoms with Crippen LogP contribution in [-0.4, -0.2) is 9.97 Å². The molecule has 1 heterocycles. The van der Waals surface area contributed by atoms with E-state index in [0.29, 0.717) is 0 Å². The minimum Gasteiger partial charge on any atom is -0.237 e. The van der Waals surface area contributed by atoms with Crippen molar-refractivity contribution in [3.63, 3.8) is 0 Å². The van der Waals surface area contributed by atoms with Gasteiger partial charge in [0.1, 0.15) is 0 Å². The van der Waals surface area contributed by atoms with Crippen LogP contribution in [0.1, 0.15) is 0 Å². The largest absolute Gasteiger partial charge is 0.237 e. The van der Waals surface area contributed by atoms with E-state index in [0.717, 1.165) is 22.2 Å². The van der Waals surface area contributed by atoms with Crippen LogP contribution in [0.15, 0.2) is 158 Å². The quantitative estimate of drug-likeness (QED) is 0.153. The average molecular weight is 583 g/mol. The molecular formula is C44H26N2. The van der Waals surface area contributed by atoms with Gasteiger partial charge in [0.05, 0.1) is 0 Å². The third-order valence-electron chi connectivity index (χ3n) is 9.73. The Balaban J connectivity index is 1.29. The van der Waals surface area contributed by atoms with Crippen LogP contribution in [0.25, 0.3) is 98.3 Å². The second-order valence-corrected chi connectivity index (χ2v) is 12.1. The molecule has 2 heteroatoms. The van der Waals surface area contributed by atoms with E-state index in [-0.39, 0.29) is 0 Å². The SMILES string of the molecule is c1cnc(-c2c3ccccc3c(-c3ccc(-c4ccc5ccc6cccc7ccc4c5c67)c4ccccc34)c3ccccc23)nc1. The first-order valence-corrected chi connectivity index (χ1v) is 15.7. The fourth-order valence-corrected chi connectivity index (χ4v) is 7.81. The van der Waals surface area contributed by atoms with Crippen molar-refractivity contribution < 1.29 is 0 Å². The number of nitrogens with zero attached hydrogens (tertiary/aromatic N) is 2. The first-order valence-electron chi connectivity index (χ1n) is 15.7. The molecule has 2 nitrogen and oxygen atoms in total. The van der Waals surface area contributed by atoms with E-state index < -0.39 is 0 Å². The maximum Gasteiger partial charge on any atom is 0.160 e. The molecule has 0 radical (unpaired) electrons. The number of hydrogen-bond donors (Lipinski definition) is 0. The molecule has 0 unspecified atom stereocenters. The summed E-state index contributed by atoms with van der Waals surface area (Å²) in [6.07, 6.45) is 3.65. The highest BCUT2D eigenvalue weighted by Crippen LogP contribution is 2.47. The Morgan fingerprint density at radius 3 is 1.39 bits per heavy atom. The van der Waals surface area contributed by atoms with E-state index in [9.17, 15) is 0 Å². The maximum absolute atomic E-state index is 4.69. The predicted molar refractivity (Wildman–Crippen MR) is 195 cm³/mol. The maximum atomic E-state index is 4.69. The second-order valence-electron chi connectivity index (χ2n) is 12.1. The lowest BCUT2D eigenvalue weighted by Gasteiger charge is -2.19. The number of rotatable bonds is 3. The minimum atomic E-state index is 0.746. The van der Waals surface area contributed by atoms with Gasteiger partial charge in [-0.15, -0.1) is 0 Å². The summed E-state index contributed by atoms with van der Waals surface area (Å²) in [6.45, 7) is 0. The Labute approximate surface area is 265 Å². The van der Waals surface area contributed by atoms with Gasteiger partial charge in [0.25, 0.3) is 0 Å². The summed E-state index contributed by atoms with van der Waals surface area (Å²) in [5.74, 6) is 0.746. The van der Waals surface area contributed by atoms with Crippen molar-refractivity contribution in [2.75, 3.05) is 0 Å². The smallest absolute Gasteiger partial charge is 0.160 e. The molecule has 0 amide bonds. The Hall–Kier alpha value is -6.12. The zero-order valence-electron chi connectivity index (χ0n) is 24.9. The van der Waals surface area contributed by atoms with E-state index >= 15 is 0 Å². The lowest BCUT2D eigenvalue weighted by molar-refractivity contribution is 1.18. The molecule has 0 atom stereocenters. The molecule has 10 aromatic rings. The first-order chi connectivity index (χ1) is 22.8. The summed E-state index contributed by atoms with van der Waals surface area (Å²) >= 11 is 0. The van der Waals surface area contributed by atoms with Crippen LogP contribution in [0.3, 0.4) is 0 Å². The standard InChI is InChI=1S/C44H26N2/c1-2-12-31-30(11-1)32(33-21-19-29-18-17-27-9-7-10-28-20-22-38(33)41(29)40(27)28)23-24-39(31)42-34-13-3-5-15-36(34)43(44-45-25-8-26-46-44)37-16-6-4-14-35(37)42/h1-26H. The van der Waals surface area contributed by atoms with Crippen molar-refractivity contribution >= 4 is 64.6 Å². The Bertz CT molecular complexity index is 2720. The number of hydrogen-bond acceptors (Lipinski definition) is 2. The minimum absolute atomic E-state index is 0.746. The average Bonchev–Trinajstić information content (AvgIpc) is 3.13. The Morgan fingerprint density at radius 2 is 0.739 bits per heavy atom. The van der Waals surface area contributed by atoms with Crippen LogP contribution >= 0.6 is 0 Å². The molecular weight excluding hydrogens is 556 g/mol. The van der Waals surface area contributed by atoms with Crippen LogP contribution in [0, 0.1) is 0 Å². The zero-order chi connectivity index (χ0) is 30.2. The van der Waals surface area contributed by atoms with Crippen LogP contribution < -0.4 is 0 Å². The van der Waals surface area contributed by atoms with Crippen molar-refractivity contribution in [3.05, 3.63) is 158 Å². The lowest BCUT2D eigenvalue weighted by Crippen LogP contribution is -1.95. The van der Waals surface area contributed by atoms with E-state index in [4.69, 9.17) is 9.97 Å². The molecule has 0 aliphatic rings. The molecule has 0 N–H and O–H groups in total. The molecule has 0 aliphatic carbocycles. The molecule has 10 rings (SSSR count). The molecule has 0 bridgehead atoms. The van der Waals surface area contributed by atoms with E-state index in [1.54, 1.807) is 0 Å². The summed E-state index contributed by atoms with van der Waals surface area (Å²) in [5.41, 5.74) is 6.05. The highest BCUT2D eigenvalue weighted by Gasteiger charge is 2.20. The van der Waals surface area contributed by atoms with Gasteiger partial charge in [0.15, 0.2) is 5.82 Å². The second kappa shape index (κ2) is 9.69. The van der Waals surface area contributed by atoms with Gasteiger partial charge in [-0.3, -0.25) is 0 Å². The van der Waals surface area contributed by atoms with Gasteiger partial charge < -0.3 is 0 Å². The van der Waals surface area contributed by atoms with Gasteiger partial charge in [-0.1, -0.05) is 140 Å². The number of benzene rings is 9. The van der Waals surface area contributed by atoms with Crippen LogP contribution in [0.5, 0.6) is 0 Å². The highest BCUT2D eigenvalue weighted by molar-refractivity contribution is 6.27. The van der Waals surface area contributed by atoms with Gasteiger partial charge in [-0.2, -0.15) is 0 Å². The van der Waals surface area contributed by atoms with Crippen LogP contribution in [-0.2, 0) is 0 Å². The first kappa shape index (κ1) is 25.2. The topological polar surface area (TPSA) is 25.8 Å². The molecule has 0 saturated carbocycles. The normalized spacial score (nSPS) is 11.9. The fourth-order valence-electron chi connectivity index (χ4n) is 7.81. The van der Waals surface area contributed by atoms with E-state index in [2.05, 4.69) is 140 Å². The summed E-state index contributed by atoms with van der Waals surface area (Å²) in [5, 5.41) is 15.0. The molecule has 212 valence electrons. The summed E-state index contributed by atoms with van der Waals surface area (Å²) < 4.78 is 0. The monoisotopic (exact) mass is 582 g/mol. The van der Waals surface area contributed by atoms with Crippen molar-refractivity contribution in [1.29, 1.82) is 0 Å². The fraction of sp³-hybridized carbons (Fsp3) is 0. The van der Waals surface area contributed by atoms with Crippen LogP contribution in [0.4, 0.5) is 0 Å². The van der Waals surface area contributed by atoms with Crippen molar-refractivity contribution in [3.8, 4) is 33.6 Å². The number of fused-ring (bicyclic) bond motifs is 3. The third kappa shape index (κ3) is 3.53. The zero-order valence-corrected chi connectivity index (χ0v) is 24.9. The van der Waals surface area contributed by atoms with Crippen LogP contribution in [0.2, 0.25) is 0 Å². The molecule has 46 heavy (non-hydrogen) atoms. The predicted octanol–water partition coefficient (Wildman–Crippen LogP) is 11.8. The van der Waals surface area contributed by atoms with Crippen molar-refractivity contribution in [2.45, 2.75) is 0 Å². The Morgan fingerprint density at radius 1 is 0.283 bits per heavy atom. The molecule has 1 aromatic heterocycles. The Kier molecular flexibility index (Phi) is 5.31. The van der Waals surface area contributed by atoms with Gasteiger partial charge in [0.2, 0.25) is 0 Å². The molecule has 0 aliphatic heterocycles. The number of aromatic nitrogens is 2. The van der Waals surface area contributed by atoms with Gasteiger partial charge in [-0.05, 0) is 93.0 Å². The van der Waals surface area contributed by atoms with Gasteiger partial charge >= 0.3 is 0 Å². The summed E-state index contributed by atoms with van der Waals surface area (Å²) in [7, 11) is 0. The van der Waals surface area contributed by atoms with Crippen molar-refractivity contribution in [1.82, 2.24) is 9.97 Å². The lowest BCUT2D eigenvalue weighted by atomic mass is 9.84. The van der Waals surface area contributed by atoms with Gasteiger partial charge in [-0.25, -0.2) is 9.97 Å². The van der Waals surface area contributed by atoms with Gasteiger partial charge in [0, 0.05) is 18.0 Å². The van der Waals surface area contributed by atoms with E-state index in [1.165, 1.54) is 76.1 Å². The van der Waals surface area contributed by atoms with E-state index in [1.807, 2.05) is 18.5 Å². The molecule has 0 fully saturated rings. The van der Waals surface area contributed by atoms with Crippen molar-refractivity contribution in [2.24, 2.45) is 0 Å².